The molecule has 1 fully saturated rings. The molecule has 1 atom stereocenters. The zero-order chi connectivity index (χ0) is 17.7. The Hall–Kier alpha value is -2.56. The predicted octanol–water partition coefficient (Wildman–Crippen LogP) is 2.23. The van der Waals surface area contributed by atoms with Crippen molar-refractivity contribution in [2.24, 2.45) is 0 Å². The Bertz CT molecular complexity index is 667. The third kappa shape index (κ3) is 4.47. The number of amides is 2. The monoisotopic (exact) mass is 339 g/mol. The lowest BCUT2D eigenvalue weighted by Crippen LogP contribution is -2.51. The van der Waals surface area contributed by atoms with Crippen molar-refractivity contribution < 1.29 is 22.8 Å². The largest absolute Gasteiger partial charge is 0.416 e. The molecule has 0 bridgehead atoms. The van der Waals surface area contributed by atoms with Gasteiger partial charge in [-0.1, -0.05) is 12.1 Å². The van der Waals surface area contributed by atoms with E-state index in [2.05, 4.69) is 5.32 Å². The highest BCUT2D eigenvalue weighted by atomic mass is 19.4. The lowest BCUT2D eigenvalue weighted by Gasteiger charge is -2.32. The smallest absolute Gasteiger partial charge is 0.343 e. The first-order valence-electron chi connectivity index (χ1n) is 7.42. The van der Waals surface area contributed by atoms with E-state index in [1.807, 2.05) is 0 Å². The first kappa shape index (κ1) is 17.8. The van der Waals surface area contributed by atoms with Crippen LogP contribution >= 0.6 is 0 Å². The topological polar surface area (TPSA) is 73.2 Å². The number of alkyl halides is 3. The zero-order valence-electron chi connectivity index (χ0n) is 12.8. The lowest BCUT2D eigenvalue weighted by atomic mass is 10.0. The molecule has 1 heterocycles. The molecule has 1 aliphatic rings. The number of carbonyl (C=O) groups excluding carboxylic acids is 2. The van der Waals surface area contributed by atoms with Gasteiger partial charge in [0.15, 0.2) is 0 Å². The second kappa shape index (κ2) is 7.34. The molecular formula is C16H16F3N3O2. The minimum Gasteiger partial charge on any atom is -0.343 e. The molecular weight excluding hydrogens is 323 g/mol. The first-order chi connectivity index (χ1) is 11.3. The fourth-order valence-corrected chi connectivity index (χ4v) is 2.61. The molecule has 0 saturated carbocycles. The highest BCUT2D eigenvalue weighted by Crippen LogP contribution is 2.30. The summed E-state index contributed by atoms with van der Waals surface area (Å²) in [4.78, 5) is 25.2. The average molecular weight is 339 g/mol. The summed E-state index contributed by atoms with van der Waals surface area (Å²) < 4.78 is 38.2. The van der Waals surface area contributed by atoms with E-state index in [-0.39, 0.29) is 18.9 Å². The number of hydrogen-bond donors (Lipinski definition) is 1. The van der Waals surface area contributed by atoms with E-state index in [0.717, 1.165) is 12.1 Å². The Morgan fingerprint density at radius 2 is 2.17 bits per heavy atom. The van der Waals surface area contributed by atoms with Crippen LogP contribution in [0.2, 0.25) is 0 Å². The van der Waals surface area contributed by atoms with Crippen molar-refractivity contribution in [3.63, 3.8) is 0 Å². The van der Waals surface area contributed by atoms with E-state index in [4.69, 9.17) is 5.26 Å². The number of halogens is 3. The maximum atomic E-state index is 12.7. The minimum absolute atomic E-state index is 0.0490. The quantitative estimate of drug-likeness (QED) is 0.914. The summed E-state index contributed by atoms with van der Waals surface area (Å²) in [5.41, 5.74) is -0.384. The van der Waals surface area contributed by atoms with E-state index >= 15 is 0 Å². The highest BCUT2D eigenvalue weighted by Gasteiger charge is 2.32. The van der Waals surface area contributed by atoms with Crippen LogP contribution in [0.1, 0.15) is 30.4 Å². The number of hydrogen-bond acceptors (Lipinski definition) is 3. The fourth-order valence-electron chi connectivity index (χ4n) is 2.61. The van der Waals surface area contributed by atoms with Gasteiger partial charge in [0.2, 0.25) is 11.8 Å². The Labute approximate surface area is 137 Å². The van der Waals surface area contributed by atoms with Gasteiger partial charge in [0.25, 0.3) is 0 Å². The van der Waals surface area contributed by atoms with Gasteiger partial charge in [-0.3, -0.25) is 9.59 Å². The molecule has 1 N–H and O–H groups in total. The summed E-state index contributed by atoms with van der Waals surface area (Å²) in [5, 5.41) is 11.0. The Balaban J connectivity index is 2.06. The fraction of sp³-hybridized carbons (Fsp3) is 0.438. The lowest BCUT2D eigenvalue weighted by molar-refractivity contribution is -0.139. The van der Waals surface area contributed by atoms with Gasteiger partial charge in [0.1, 0.15) is 12.5 Å². The van der Waals surface area contributed by atoms with Crippen LogP contribution < -0.4 is 5.32 Å². The molecule has 128 valence electrons. The van der Waals surface area contributed by atoms with Gasteiger partial charge >= 0.3 is 6.18 Å². The van der Waals surface area contributed by atoms with Crippen molar-refractivity contribution in [1.82, 2.24) is 10.2 Å². The molecule has 0 aromatic heterocycles. The predicted molar refractivity (Wildman–Crippen MR) is 78.3 cm³/mol. The second-order valence-corrected chi connectivity index (χ2v) is 5.56. The van der Waals surface area contributed by atoms with Crippen LogP contribution in [0.15, 0.2) is 24.3 Å². The number of benzene rings is 1. The molecule has 1 saturated heterocycles. The molecule has 1 aliphatic heterocycles. The summed E-state index contributed by atoms with van der Waals surface area (Å²) in [5.74, 6) is -0.873. The van der Waals surface area contributed by atoms with Crippen LogP contribution in [0, 0.1) is 11.3 Å². The van der Waals surface area contributed by atoms with Crippen LogP contribution in [-0.4, -0.2) is 29.3 Å². The number of carbonyl (C=O) groups is 2. The standard InChI is InChI=1S/C16H16F3N3O2/c17-16(18,19)12-4-1-3-11(9-12)10-22-8-2-5-13(15(22)24)21-14(23)6-7-20/h1,3-4,9,13H,2,5-6,8,10H2,(H,21,23)/t13-/m0/s1. The molecule has 0 unspecified atom stereocenters. The van der Waals surface area contributed by atoms with Crippen molar-refractivity contribution in [3.8, 4) is 6.07 Å². The number of piperidine rings is 1. The number of rotatable bonds is 4. The maximum absolute atomic E-state index is 12.7. The summed E-state index contributed by atoms with van der Waals surface area (Å²) in [7, 11) is 0. The second-order valence-electron chi connectivity index (χ2n) is 5.56. The molecule has 1 aromatic carbocycles. The SMILES string of the molecule is N#CCC(=O)N[C@H]1CCCN(Cc2cccc(C(F)(F)F)c2)C1=O. The summed E-state index contributed by atoms with van der Waals surface area (Å²) in [6, 6.07) is 5.80. The van der Waals surface area contributed by atoms with Gasteiger partial charge in [0.05, 0.1) is 11.6 Å². The Morgan fingerprint density at radius 3 is 2.83 bits per heavy atom. The minimum atomic E-state index is -4.43. The van der Waals surface area contributed by atoms with Crippen molar-refractivity contribution in [3.05, 3.63) is 35.4 Å². The third-order valence-electron chi connectivity index (χ3n) is 3.73. The average Bonchev–Trinajstić information content (AvgIpc) is 2.51. The number of likely N-dealkylation sites (tertiary alicyclic amines) is 1. The molecule has 0 radical (unpaired) electrons. The Morgan fingerprint density at radius 1 is 1.42 bits per heavy atom. The highest BCUT2D eigenvalue weighted by molar-refractivity contribution is 5.88. The van der Waals surface area contributed by atoms with E-state index in [1.165, 1.54) is 17.0 Å². The number of nitriles is 1. The molecule has 8 heteroatoms. The van der Waals surface area contributed by atoms with Crippen LogP contribution in [0.5, 0.6) is 0 Å². The normalized spacial score (nSPS) is 18.2. The molecule has 5 nitrogen and oxygen atoms in total. The van der Waals surface area contributed by atoms with Crippen molar-refractivity contribution >= 4 is 11.8 Å². The summed E-state index contributed by atoms with van der Waals surface area (Å²) in [6.45, 7) is 0.465. The van der Waals surface area contributed by atoms with Crippen LogP contribution in [0.4, 0.5) is 13.2 Å². The van der Waals surface area contributed by atoms with E-state index in [1.54, 1.807) is 6.07 Å². The molecule has 0 spiro atoms. The van der Waals surface area contributed by atoms with E-state index < -0.39 is 23.7 Å². The Kier molecular flexibility index (Phi) is 5.44. The molecule has 24 heavy (non-hydrogen) atoms. The third-order valence-corrected chi connectivity index (χ3v) is 3.73. The summed E-state index contributed by atoms with van der Waals surface area (Å²) >= 11 is 0. The van der Waals surface area contributed by atoms with Crippen molar-refractivity contribution in [1.29, 1.82) is 5.26 Å². The van der Waals surface area contributed by atoms with Gasteiger partial charge in [0, 0.05) is 13.1 Å². The van der Waals surface area contributed by atoms with Crippen LogP contribution in [-0.2, 0) is 22.3 Å². The maximum Gasteiger partial charge on any atom is 0.416 e. The van der Waals surface area contributed by atoms with Gasteiger partial charge in [-0.05, 0) is 30.5 Å². The molecule has 1 aromatic rings. The van der Waals surface area contributed by atoms with Crippen molar-refractivity contribution in [2.75, 3.05) is 6.54 Å². The zero-order valence-corrected chi connectivity index (χ0v) is 12.8. The van der Waals surface area contributed by atoms with E-state index in [9.17, 15) is 22.8 Å². The number of nitrogens with one attached hydrogen (secondary N) is 1. The molecule has 2 amide bonds. The summed E-state index contributed by atoms with van der Waals surface area (Å²) in [6.07, 6.45) is -3.69. The number of nitrogens with zero attached hydrogens (tertiary/aromatic N) is 2. The van der Waals surface area contributed by atoms with Gasteiger partial charge in [-0.25, -0.2) is 0 Å². The van der Waals surface area contributed by atoms with Gasteiger partial charge < -0.3 is 10.2 Å². The van der Waals surface area contributed by atoms with Gasteiger partial charge in [-0.2, -0.15) is 18.4 Å². The molecule has 2 rings (SSSR count). The van der Waals surface area contributed by atoms with Crippen molar-refractivity contribution in [2.45, 2.75) is 38.0 Å². The van der Waals surface area contributed by atoms with E-state index in [0.29, 0.717) is 24.9 Å². The van der Waals surface area contributed by atoms with Crippen LogP contribution in [0.3, 0.4) is 0 Å². The molecule has 0 aliphatic carbocycles. The first-order valence-corrected chi connectivity index (χ1v) is 7.42. The van der Waals surface area contributed by atoms with Gasteiger partial charge in [-0.15, -0.1) is 0 Å². The van der Waals surface area contributed by atoms with Crippen LogP contribution in [0.25, 0.3) is 0 Å².